The highest BCUT2D eigenvalue weighted by molar-refractivity contribution is 5.76. The summed E-state index contributed by atoms with van der Waals surface area (Å²) in [6.45, 7) is 7.04. The summed E-state index contributed by atoms with van der Waals surface area (Å²) in [5, 5.41) is 11.3. The normalized spacial score (nSPS) is 16.0. The van der Waals surface area contributed by atoms with Crippen molar-refractivity contribution in [3.8, 4) is 0 Å². The molecule has 0 unspecified atom stereocenters. The summed E-state index contributed by atoms with van der Waals surface area (Å²) in [6.07, 6.45) is 4.02. The Labute approximate surface area is 132 Å². The maximum Gasteiger partial charge on any atom is 0.224 e. The van der Waals surface area contributed by atoms with Crippen LogP contribution in [0.2, 0.25) is 0 Å². The third-order valence-electron chi connectivity index (χ3n) is 3.68. The molecule has 1 saturated heterocycles. The van der Waals surface area contributed by atoms with Crippen LogP contribution in [0.15, 0.2) is 18.3 Å². The van der Waals surface area contributed by atoms with Crippen LogP contribution < -0.4 is 5.32 Å². The summed E-state index contributed by atoms with van der Waals surface area (Å²) in [5.41, 5.74) is 0. The monoisotopic (exact) mass is 306 g/mol. The van der Waals surface area contributed by atoms with Crippen LogP contribution in [0.25, 0.3) is 0 Å². The molecule has 6 heteroatoms. The van der Waals surface area contributed by atoms with Crippen LogP contribution in [0, 0.1) is 5.92 Å². The largest absolute Gasteiger partial charge is 0.381 e. The first-order valence-electron chi connectivity index (χ1n) is 8.05. The van der Waals surface area contributed by atoms with Gasteiger partial charge in [0.25, 0.3) is 0 Å². The average Bonchev–Trinajstić information content (AvgIpc) is 2.53. The Bertz CT molecular complexity index is 445. The van der Waals surface area contributed by atoms with Gasteiger partial charge in [-0.15, -0.1) is 5.10 Å². The quantitative estimate of drug-likeness (QED) is 0.780. The molecule has 1 aliphatic rings. The molecule has 0 radical (unpaired) electrons. The lowest BCUT2D eigenvalue weighted by molar-refractivity contribution is -0.133. The van der Waals surface area contributed by atoms with E-state index in [1.165, 1.54) is 0 Å². The lowest BCUT2D eigenvalue weighted by atomic mass is 10.0. The van der Waals surface area contributed by atoms with Gasteiger partial charge in [-0.3, -0.25) is 4.79 Å². The number of nitrogens with zero attached hydrogens (tertiary/aromatic N) is 3. The van der Waals surface area contributed by atoms with Gasteiger partial charge in [0.15, 0.2) is 0 Å². The van der Waals surface area contributed by atoms with Gasteiger partial charge >= 0.3 is 0 Å². The van der Waals surface area contributed by atoms with Crippen molar-refractivity contribution in [1.29, 1.82) is 0 Å². The number of piperidine rings is 1. The van der Waals surface area contributed by atoms with E-state index >= 15 is 0 Å². The fourth-order valence-corrected chi connectivity index (χ4v) is 2.50. The highest BCUT2D eigenvalue weighted by atomic mass is 16.5. The molecule has 0 atom stereocenters. The van der Waals surface area contributed by atoms with E-state index in [0.29, 0.717) is 25.0 Å². The highest BCUT2D eigenvalue weighted by Crippen LogP contribution is 2.15. The van der Waals surface area contributed by atoms with E-state index in [1.54, 1.807) is 6.20 Å². The number of nitrogens with one attached hydrogen (secondary N) is 1. The van der Waals surface area contributed by atoms with Crippen molar-refractivity contribution in [3.05, 3.63) is 18.3 Å². The van der Waals surface area contributed by atoms with Crippen LogP contribution in [-0.4, -0.2) is 53.3 Å². The molecule has 1 aromatic rings. The molecule has 0 saturated carbocycles. The minimum atomic E-state index is 0.196. The number of carbonyl (C=O) groups excluding carboxylic acids is 1. The Kier molecular flexibility index (Phi) is 6.58. The summed E-state index contributed by atoms with van der Waals surface area (Å²) >= 11 is 0. The van der Waals surface area contributed by atoms with Gasteiger partial charge in [-0.05, 0) is 30.9 Å². The Morgan fingerprint density at radius 3 is 2.86 bits per heavy atom. The van der Waals surface area contributed by atoms with Crippen LogP contribution in [0.5, 0.6) is 0 Å². The van der Waals surface area contributed by atoms with Crippen molar-refractivity contribution in [2.24, 2.45) is 5.92 Å². The van der Waals surface area contributed by atoms with Gasteiger partial charge in [0, 0.05) is 31.9 Å². The number of ether oxygens (including phenoxy) is 1. The summed E-state index contributed by atoms with van der Waals surface area (Å²) in [4.78, 5) is 14.0. The lowest BCUT2D eigenvalue weighted by Crippen LogP contribution is -2.42. The Hall–Kier alpha value is -1.69. The fraction of sp³-hybridized carbons (Fsp3) is 0.688. The molecular formula is C16H26N4O2. The van der Waals surface area contributed by atoms with E-state index in [2.05, 4.69) is 29.4 Å². The van der Waals surface area contributed by atoms with Crippen LogP contribution in [0.4, 0.5) is 5.82 Å². The van der Waals surface area contributed by atoms with Crippen LogP contribution in [-0.2, 0) is 9.53 Å². The van der Waals surface area contributed by atoms with Gasteiger partial charge in [0.1, 0.15) is 5.82 Å². The second-order valence-electron chi connectivity index (χ2n) is 6.13. The zero-order valence-electron chi connectivity index (χ0n) is 13.5. The standard InChI is InChI=1S/C16H26N4O2/c1-13(2)12-22-11-7-16(21)20-9-5-14(6-10-20)18-15-4-3-8-17-19-15/h3-4,8,13-14H,5-7,9-12H2,1-2H3,(H,18,19). The summed E-state index contributed by atoms with van der Waals surface area (Å²) < 4.78 is 5.48. The van der Waals surface area contributed by atoms with E-state index in [4.69, 9.17) is 4.74 Å². The molecule has 0 bridgehead atoms. The number of amides is 1. The Balaban J connectivity index is 1.65. The van der Waals surface area contributed by atoms with E-state index in [-0.39, 0.29) is 5.91 Å². The molecule has 1 aliphatic heterocycles. The second kappa shape index (κ2) is 8.68. The zero-order valence-corrected chi connectivity index (χ0v) is 13.5. The third kappa shape index (κ3) is 5.60. The molecule has 122 valence electrons. The van der Waals surface area contributed by atoms with E-state index < -0.39 is 0 Å². The number of hydrogen-bond donors (Lipinski definition) is 1. The molecule has 2 heterocycles. The summed E-state index contributed by atoms with van der Waals surface area (Å²) in [6, 6.07) is 4.14. The Morgan fingerprint density at radius 1 is 1.45 bits per heavy atom. The van der Waals surface area contributed by atoms with Gasteiger partial charge in [-0.25, -0.2) is 0 Å². The minimum absolute atomic E-state index is 0.196. The van der Waals surface area contributed by atoms with Crippen molar-refractivity contribution in [2.75, 3.05) is 31.6 Å². The summed E-state index contributed by atoms with van der Waals surface area (Å²) in [7, 11) is 0. The van der Waals surface area contributed by atoms with Crippen molar-refractivity contribution in [1.82, 2.24) is 15.1 Å². The van der Waals surface area contributed by atoms with Crippen molar-refractivity contribution >= 4 is 11.7 Å². The van der Waals surface area contributed by atoms with Crippen molar-refractivity contribution in [3.63, 3.8) is 0 Å². The molecule has 0 aromatic carbocycles. The predicted octanol–water partition coefficient (Wildman–Crippen LogP) is 1.94. The topological polar surface area (TPSA) is 67.3 Å². The Morgan fingerprint density at radius 2 is 2.23 bits per heavy atom. The third-order valence-corrected chi connectivity index (χ3v) is 3.68. The number of anilines is 1. The maximum absolute atomic E-state index is 12.1. The van der Waals surface area contributed by atoms with E-state index in [0.717, 1.165) is 38.4 Å². The first-order valence-corrected chi connectivity index (χ1v) is 8.05. The maximum atomic E-state index is 12.1. The first-order chi connectivity index (χ1) is 10.6. The van der Waals surface area contributed by atoms with E-state index in [9.17, 15) is 4.79 Å². The number of likely N-dealkylation sites (tertiary alicyclic amines) is 1. The molecule has 1 aromatic heterocycles. The number of hydrogen-bond acceptors (Lipinski definition) is 5. The molecule has 0 spiro atoms. The molecule has 2 rings (SSSR count). The number of rotatable bonds is 7. The predicted molar refractivity (Wildman–Crippen MR) is 85.5 cm³/mol. The van der Waals surface area contributed by atoms with Gasteiger partial charge in [0.2, 0.25) is 5.91 Å². The summed E-state index contributed by atoms with van der Waals surface area (Å²) in [5.74, 6) is 1.51. The molecule has 1 N–H and O–H groups in total. The first kappa shape index (κ1) is 16.7. The molecule has 1 fully saturated rings. The van der Waals surface area contributed by atoms with Gasteiger partial charge in [-0.1, -0.05) is 13.8 Å². The molecular weight excluding hydrogens is 280 g/mol. The van der Waals surface area contributed by atoms with Crippen LogP contribution in [0.3, 0.4) is 0 Å². The van der Waals surface area contributed by atoms with Gasteiger partial charge < -0.3 is 15.0 Å². The zero-order chi connectivity index (χ0) is 15.8. The van der Waals surface area contributed by atoms with Gasteiger partial charge in [0.05, 0.1) is 13.0 Å². The van der Waals surface area contributed by atoms with Crippen molar-refractivity contribution in [2.45, 2.75) is 39.2 Å². The number of carbonyl (C=O) groups is 1. The number of aromatic nitrogens is 2. The lowest BCUT2D eigenvalue weighted by Gasteiger charge is -2.32. The molecule has 1 amide bonds. The van der Waals surface area contributed by atoms with Crippen LogP contribution >= 0.6 is 0 Å². The molecule has 22 heavy (non-hydrogen) atoms. The van der Waals surface area contributed by atoms with Crippen molar-refractivity contribution < 1.29 is 9.53 Å². The SMILES string of the molecule is CC(C)COCCC(=O)N1CCC(Nc2cccnn2)CC1. The second-order valence-corrected chi connectivity index (χ2v) is 6.13. The average molecular weight is 306 g/mol. The fourth-order valence-electron chi connectivity index (χ4n) is 2.50. The van der Waals surface area contributed by atoms with Gasteiger partial charge in [-0.2, -0.15) is 5.10 Å². The molecule has 6 nitrogen and oxygen atoms in total. The minimum Gasteiger partial charge on any atom is -0.381 e. The molecule has 0 aliphatic carbocycles. The highest BCUT2D eigenvalue weighted by Gasteiger charge is 2.22. The van der Waals surface area contributed by atoms with E-state index in [1.807, 2.05) is 17.0 Å². The smallest absolute Gasteiger partial charge is 0.224 e. The van der Waals surface area contributed by atoms with Crippen LogP contribution in [0.1, 0.15) is 33.1 Å².